The molecule has 0 bridgehead atoms. The fourth-order valence-corrected chi connectivity index (χ4v) is 5.95. The maximum atomic E-state index is 14.0. The minimum Gasteiger partial charge on any atom is -0.493 e. The molecule has 1 aliphatic heterocycles. The van der Waals surface area contributed by atoms with Crippen LogP contribution in [0, 0.1) is 12.8 Å². The van der Waals surface area contributed by atoms with Gasteiger partial charge in [-0.25, -0.2) is 4.68 Å². The Labute approximate surface area is 261 Å². The lowest BCUT2D eigenvalue weighted by molar-refractivity contribution is -0.113. The Morgan fingerprint density at radius 3 is 2.60 bits per heavy atom. The van der Waals surface area contributed by atoms with E-state index in [0.29, 0.717) is 57.2 Å². The van der Waals surface area contributed by atoms with Crippen LogP contribution in [0.3, 0.4) is 0 Å². The van der Waals surface area contributed by atoms with Gasteiger partial charge in [0.15, 0.2) is 11.5 Å². The molecule has 1 aromatic heterocycles. The molecule has 224 valence electrons. The number of nitrogens with one attached hydrogen (secondary N) is 2. The predicted molar refractivity (Wildman–Crippen MR) is 173 cm³/mol. The number of aryl methyl sites for hydroxylation is 1. The number of carbonyl (C=O) groups is 1. The molecule has 2 heterocycles. The van der Waals surface area contributed by atoms with Crippen LogP contribution >= 0.6 is 23.4 Å². The van der Waals surface area contributed by atoms with Crippen molar-refractivity contribution >= 4 is 40.9 Å². The number of aromatic nitrogens is 3. The van der Waals surface area contributed by atoms with Crippen molar-refractivity contribution in [2.45, 2.75) is 51.1 Å². The summed E-state index contributed by atoms with van der Waals surface area (Å²) in [7, 11) is 1.62. The van der Waals surface area contributed by atoms with Crippen LogP contribution in [0.5, 0.6) is 11.5 Å². The van der Waals surface area contributed by atoms with E-state index >= 15 is 0 Å². The summed E-state index contributed by atoms with van der Waals surface area (Å²) >= 11 is 7.87. The highest BCUT2D eigenvalue weighted by atomic mass is 35.5. The summed E-state index contributed by atoms with van der Waals surface area (Å²) < 4.78 is 13.6. The van der Waals surface area contributed by atoms with Crippen LogP contribution in [-0.4, -0.2) is 34.4 Å². The summed E-state index contributed by atoms with van der Waals surface area (Å²) in [4.78, 5) is 18.7. The number of carbonyl (C=O) groups excluding carboxylic acids is 1. The van der Waals surface area contributed by atoms with E-state index in [0.717, 1.165) is 28.8 Å². The zero-order chi connectivity index (χ0) is 30.5. The molecular formula is C33H36ClN5O3S. The van der Waals surface area contributed by atoms with Gasteiger partial charge >= 0.3 is 0 Å². The number of hydrogen-bond donors (Lipinski definition) is 2. The number of fused-ring (bicyclic) bond motifs is 1. The molecule has 0 saturated heterocycles. The third kappa shape index (κ3) is 7.00. The fraction of sp³-hybridized carbons (Fsp3) is 0.303. The Kier molecular flexibility index (Phi) is 9.62. The zero-order valence-corrected chi connectivity index (χ0v) is 26.6. The molecule has 4 aromatic rings. The molecule has 0 radical (unpaired) electrons. The maximum Gasteiger partial charge on any atom is 0.255 e. The van der Waals surface area contributed by atoms with Gasteiger partial charge in [0.2, 0.25) is 11.1 Å². The second kappa shape index (κ2) is 13.6. The van der Waals surface area contributed by atoms with Gasteiger partial charge in [-0.2, -0.15) is 4.98 Å². The molecule has 0 spiro atoms. The first kappa shape index (κ1) is 30.5. The van der Waals surface area contributed by atoms with Gasteiger partial charge in [-0.1, -0.05) is 79.7 Å². The van der Waals surface area contributed by atoms with E-state index in [1.54, 1.807) is 11.8 Å². The molecular weight excluding hydrogens is 582 g/mol. The van der Waals surface area contributed by atoms with Crippen LogP contribution in [0.25, 0.3) is 0 Å². The van der Waals surface area contributed by atoms with Gasteiger partial charge in [-0.15, -0.1) is 5.10 Å². The monoisotopic (exact) mass is 617 g/mol. The van der Waals surface area contributed by atoms with Gasteiger partial charge in [0, 0.05) is 22.2 Å². The standard InChI is InChI=1S/C33H36ClN5O3S/c1-20(2)16-17-42-27-15-14-23(18-28(27)41-5)30-29(31(40)36-26-13-9-6-10-21(26)3)22(4)35-32-37-33(38-39(30)32)43-19-24-11-7-8-12-25(24)34/h6-15,18,20,30H,16-17,19H2,1-5H3,(H,36,40)(H,35,37,38). The summed E-state index contributed by atoms with van der Waals surface area (Å²) in [5.74, 6) is 2.70. The van der Waals surface area contributed by atoms with E-state index in [1.807, 2.05) is 80.6 Å². The fourth-order valence-electron chi connectivity index (χ4n) is 4.83. The van der Waals surface area contributed by atoms with E-state index in [4.69, 9.17) is 31.2 Å². The van der Waals surface area contributed by atoms with Crippen LogP contribution in [0.15, 0.2) is 83.2 Å². The molecule has 2 N–H and O–H groups in total. The normalized spacial score (nSPS) is 14.3. The van der Waals surface area contributed by atoms with Crippen LogP contribution in [-0.2, 0) is 10.5 Å². The molecule has 10 heteroatoms. The molecule has 8 nitrogen and oxygen atoms in total. The molecule has 0 saturated carbocycles. The van der Waals surface area contributed by atoms with Crippen molar-refractivity contribution in [3.63, 3.8) is 0 Å². The van der Waals surface area contributed by atoms with Gasteiger partial charge in [0.25, 0.3) is 5.91 Å². The number of benzene rings is 3. The lowest BCUT2D eigenvalue weighted by Gasteiger charge is -2.29. The van der Waals surface area contributed by atoms with Crippen molar-refractivity contribution in [3.8, 4) is 11.5 Å². The maximum absolute atomic E-state index is 14.0. The number of hydrogen-bond acceptors (Lipinski definition) is 7. The lowest BCUT2D eigenvalue weighted by atomic mass is 9.94. The van der Waals surface area contributed by atoms with E-state index in [-0.39, 0.29) is 5.91 Å². The minimum absolute atomic E-state index is 0.230. The number of thioether (sulfide) groups is 1. The Bertz CT molecular complexity index is 1650. The first-order valence-corrected chi connectivity index (χ1v) is 15.6. The summed E-state index contributed by atoms with van der Waals surface area (Å²) in [6.45, 7) is 8.76. The topological polar surface area (TPSA) is 90.3 Å². The number of halogens is 1. The summed E-state index contributed by atoms with van der Waals surface area (Å²) in [6.07, 6.45) is 0.932. The highest BCUT2D eigenvalue weighted by Gasteiger charge is 2.35. The largest absolute Gasteiger partial charge is 0.493 e. The van der Waals surface area contributed by atoms with E-state index in [1.165, 1.54) is 11.8 Å². The average molecular weight is 618 g/mol. The third-order valence-electron chi connectivity index (χ3n) is 7.24. The van der Waals surface area contributed by atoms with Crippen molar-refractivity contribution in [3.05, 3.63) is 99.7 Å². The molecule has 1 aliphatic rings. The molecule has 1 atom stereocenters. The van der Waals surface area contributed by atoms with Crippen LogP contribution in [0.4, 0.5) is 11.6 Å². The van der Waals surface area contributed by atoms with Crippen LogP contribution in [0.1, 0.15) is 49.9 Å². The quantitative estimate of drug-likeness (QED) is 0.165. The number of methoxy groups -OCH3 is 1. The Morgan fingerprint density at radius 1 is 1.09 bits per heavy atom. The van der Waals surface area contributed by atoms with Crippen molar-refractivity contribution in [2.24, 2.45) is 5.92 Å². The Hall–Kier alpha value is -3.95. The van der Waals surface area contributed by atoms with Gasteiger partial charge in [-0.05, 0) is 67.1 Å². The number of rotatable bonds is 11. The summed E-state index contributed by atoms with van der Waals surface area (Å²) in [6, 6.07) is 20.6. The molecule has 0 aliphatic carbocycles. The minimum atomic E-state index is -0.568. The smallest absolute Gasteiger partial charge is 0.255 e. The number of para-hydroxylation sites is 1. The Morgan fingerprint density at radius 2 is 1.86 bits per heavy atom. The molecule has 0 fully saturated rings. The van der Waals surface area contributed by atoms with Gasteiger partial charge in [0.1, 0.15) is 6.04 Å². The number of anilines is 2. The van der Waals surface area contributed by atoms with E-state index < -0.39 is 6.04 Å². The van der Waals surface area contributed by atoms with Crippen molar-refractivity contribution in [1.82, 2.24) is 14.8 Å². The lowest BCUT2D eigenvalue weighted by Crippen LogP contribution is -2.31. The predicted octanol–water partition coefficient (Wildman–Crippen LogP) is 7.89. The summed E-state index contributed by atoms with van der Waals surface area (Å²) in [5.41, 5.74) is 4.75. The van der Waals surface area contributed by atoms with Crippen molar-refractivity contribution in [2.75, 3.05) is 24.4 Å². The first-order valence-electron chi connectivity index (χ1n) is 14.2. The second-order valence-corrected chi connectivity index (χ2v) is 12.2. The van der Waals surface area contributed by atoms with Crippen molar-refractivity contribution in [1.29, 1.82) is 0 Å². The SMILES string of the molecule is COc1cc(C2C(C(=O)Nc3ccccc3C)=C(C)Nc3nc(SCc4ccccc4Cl)nn32)ccc1OCCC(C)C. The molecule has 5 rings (SSSR count). The van der Waals surface area contributed by atoms with Gasteiger partial charge in [0.05, 0.1) is 19.3 Å². The first-order chi connectivity index (χ1) is 20.7. The van der Waals surface area contributed by atoms with E-state index in [2.05, 4.69) is 24.5 Å². The van der Waals surface area contributed by atoms with Gasteiger partial charge < -0.3 is 20.1 Å². The second-order valence-electron chi connectivity index (χ2n) is 10.8. The molecule has 43 heavy (non-hydrogen) atoms. The summed E-state index contributed by atoms with van der Waals surface area (Å²) in [5, 5.41) is 12.6. The Balaban J connectivity index is 1.51. The highest BCUT2D eigenvalue weighted by Crippen LogP contribution is 2.40. The highest BCUT2D eigenvalue weighted by molar-refractivity contribution is 7.98. The number of nitrogens with zero attached hydrogens (tertiary/aromatic N) is 3. The zero-order valence-electron chi connectivity index (χ0n) is 25.0. The van der Waals surface area contributed by atoms with Crippen LogP contribution in [0.2, 0.25) is 5.02 Å². The van der Waals surface area contributed by atoms with Crippen LogP contribution < -0.4 is 20.1 Å². The van der Waals surface area contributed by atoms with Crippen molar-refractivity contribution < 1.29 is 14.3 Å². The van der Waals surface area contributed by atoms with E-state index in [9.17, 15) is 4.79 Å². The molecule has 3 aromatic carbocycles. The molecule has 1 amide bonds. The number of allylic oxidation sites excluding steroid dienone is 1. The van der Waals surface area contributed by atoms with Gasteiger partial charge in [-0.3, -0.25) is 4.79 Å². The number of amides is 1. The number of ether oxygens (including phenoxy) is 2. The third-order valence-corrected chi connectivity index (χ3v) is 8.50. The molecule has 1 unspecified atom stereocenters. The average Bonchev–Trinajstić information content (AvgIpc) is 3.39.